The van der Waals surface area contributed by atoms with Crippen LogP contribution in [0, 0.1) is 5.41 Å². The highest BCUT2D eigenvalue weighted by Crippen LogP contribution is 2.23. The van der Waals surface area contributed by atoms with Gasteiger partial charge in [-0.25, -0.2) is 9.78 Å². The smallest absolute Gasteiger partial charge is 0.326 e. The molecule has 9 amide bonds. The Morgan fingerprint density at radius 3 is 1.88 bits per heavy atom. The number of imidazole rings is 1. The number of H-pyrrole nitrogens is 1. The van der Waals surface area contributed by atoms with Crippen molar-refractivity contribution in [1.82, 2.24) is 61.9 Å². The highest BCUT2D eigenvalue weighted by Gasteiger charge is 2.42. The Bertz CT molecular complexity index is 2470. The average molecular weight is 1110 g/mol. The first kappa shape index (κ1) is 61.1. The minimum Gasteiger partial charge on any atom is -0.481 e. The fourth-order valence-electron chi connectivity index (χ4n) is 9.74. The first-order valence-electron chi connectivity index (χ1n) is 26.0. The number of rotatable bonds is 29. The predicted octanol–water partition coefficient (Wildman–Crippen LogP) is -2.31. The molecule has 0 saturated carbocycles. The van der Waals surface area contributed by atoms with E-state index in [9.17, 15) is 63.0 Å². The van der Waals surface area contributed by atoms with Gasteiger partial charge in [0.15, 0.2) is 5.96 Å². The van der Waals surface area contributed by atoms with Crippen LogP contribution in [0.5, 0.6) is 0 Å². The summed E-state index contributed by atoms with van der Waals surface area (Å²) in [6.07, 6.45) is 5.98. The first-order chi connectivity index (χ1) is 37.3. The van der Waals surface area contributed by atoms with Crippen molar-refractivity contribution >= 4 is 82.8 Å². The number of likely N-dealkylation sites (tertiary alicyclic amines) is 3. The van der Waals surface area contributed by atoms with E-state index < -0.39 is 126 Å². The zero-order valence-electron chi connectivity index (χ0n) is 43.8. The second-order valence-corrected chi connectivity index (χ2v) is 20.3. The van der Waals surface area contributed by atoms with E-state index in [1.807, 2.05) is 0 Å². The molecule has 8 atom stereocenters. The van der Waals surface area contributed by atoms with Gasteiger partial charge in [0.1, 0.15) is 48.3 Å². The SMILES string of the molecule is CSCC[C@H](NC(C)=O)C(=O)N[C@@H](CCC(=O)O)C(=O)N[C@@H](Cc1c[nH]cn1)C(=O)N[C@@H](Cc1ccccc1)C(=O)N1CCC[C@H]1C(=O)NCC(=O)N1CCC[C@H]1C(=O)N[C@@H](CCCNC(=N)N)C(=O)N1CCC[C@H]1C(=O)O. The van der Waals surface area contributed by atoms with Crippen molar-refractivity contribution in [3.8, 4) is 0 Å². The third-order valence-electron chi connectivity index (χ3n) is 13.6. The summed E-state index contributed by atoms with van der Waals surface area (Å²) in [6.45, 7) is 1.33. The van der Waals surface area contributed by atoms with Crippen LogP contribution in [0.1, 0.15) is 88.8 Å². The number of nitrogens with one attached hydrogen (secondary N) is 9. The van der Waals surface area contributed by atoms with Crippen LogP contribution in [-0.4, -0.2) is 199 Å². The summed E-state index contributed by atoms with van der Waals surface area (Å²) in [5, 5.41) is 45.1. The summed E-state index contributed by atoms with van der Waals surface area (Å²) in [5.41, 5.74) is 6.35. The zero-order chi connectivity index (χ0) is 56.9. The molecule has 2 aromatic rings. The Morgan fingerprint density at radius 2 is 1.28 bits per heavy atom. The number of carbonyl (C=O) groups is 11. The third-order valence-corrected chi connectivity index (χ3v) is 14.3. The number of nitrogens with two attached hydrogens (primary N) is 1. The third kappa shape index (κ3) is 18.2. The van der Waals surface area contributed by atoms with Crippen LogP contribution in [0.15, 0.2) is 42.9 Å². The Kier molecular flexibility index (Phi) is 23.7. The molecule has 78 heavy (non-hydrogen) atoms. The zero-order valence-corrected chi connectivity index (χ0v) is 44.6. The molecule has 0 radical (unpaired) electrons. The number of nitrogens with zero attached hydrogens (tertiary/aromatic N) is 4. The van der Waals surface area contributed by atoms with Gasteiger partial charge in [-0.2, -0.15) is 11.8 Å². The largest absolute Gasteiger partial charge is 0.481 e. The number of carboxylic acid groups (broad SMARTS) is 2. The summed E-state index contributed by atoms with van der Waals surface area (Å²) in [7, 11) is 0. The molecule has 13 N–H and O–H groups in total. The van der Waals surface area contributed by atoms with Crippen LogP contribution in [0.25, 0.3) is 0 Å². The molecule has 3 saturated heterocycles. The molecule has 1 aromatic heterocycles. The summed E-state index contributed by atoms with van der Waals surface area (Å²) in [4.78, 5) is 158. The standard InChI is InChI=1S/C50H72N14O13S/c1-29(65)57-33(18-23-78-2)43(70)58-32(16-17-41(67)68)42(69)60-35(25-31-26-53-28-56-31)44(71)61-36(24-30-10-4-3-5-11-30)48(75)63-21-8-13-37(63)45(72)55-27-40(66)62-20-7-14-38(62)46(73)59-34(12-6-19-54-50(51)52)47(74)64-22-9-15-39(64)49(76)77/h3-5,10-11,26,28,32-39H,6-9,12-25,27H2,1-2H3,(H,53,56)(H,55,72)(H,57,65)(H,58,70)(H,59,73)(H,60,69)(H,61,71)(H,67,68)(H,76,77)(H4,51,52,54)/t32-,33-,34-,35-,36-,37-,38-,39-/m0/s1. The number of carbonyl (C=O) groups excluding carboxylic acids is 9. The van der Waals surface area contributed by atoms with Gasteiger partial charge in [0.2, 0.25) is 53.2 Å². The number of carboxylic acids is 2. The van der Waals surface area contributed by atoms with Gasteiger partial charge < -0.3 is 72.8 Å². The van der Waals surface area contributed by atoms with Crippen molar-refractivity contribution in [2.75, 3.05) is 44.7 Å². The molecule has 1 aromatic carbocycles. The van der Waals surface area contributed by atoms with E-state index in [0.717, 1.165) is 0 Å². The van der Waals surface area contributed by atoms with Crippen LogP contribution in [-0.2, 0) is 65.6 Å². The van der Waals surface area contributed by atoms with E-state index in [2.05, 4.69) is 47.2 Å². The van der Waals surface area contributed by atoms with E-state index in [1.54, 1.807) is 36.6 Å². The van der Waals surface area contributed by atoms with Gasteiger partial charge >= 0.3 is 11.9 Å². The number of thioether (sulfide) groups is 1. The van der Waals surface area contributed by atoms with Crippen molar-refractivity contribution in [3.63, 3.8) is 0 Å². The molecule has 3 fully saturated rings. The molecular weight excluding hydrogens is 1040 g/mol. The molecule has 3 aliphatic heterocycles. The van der Waals surface area contributed by atoms with Crippen LogP contribution in [0.2, 0.25) is 0 Å². The highest BCUT2D eigenvalue weighted by molar-refractivity contribution is 7.98. The van der Waals surface area contributed by atoms with Crippen molar-refractivity contribution in [1.29, 1.82) is 5.41 Å². The average Bonchev–Trinajstić information content (AvgIpc) is 4.28. The molecule has 0 aliphatic carbocycles. The van der Waals surface area contributed by atoms with Crippen LogP contribution >= 0.6 is 11.8 Å². The number of guanidine groups is 1. The molecular formula is C50H72N14O13S. The quantitative estimate of drug-likeness (QED) is 0.0231. The first-order valence-corrected chi connectivity index (χ1v) is 27.4. The Labute approximate surface area is 455 Å². The van der Waals surface area contributed by atoms with Crippen molar-refractivity contribution in [3.05, 3.63) is 54.1 Å². The molecule has 0 bridgehead atoms. The molecule has 426 valence electrons. The fourth-order valence-corrected chi connectivity index (χ4v) is 10.2. The summed E-state index contributed by atoms with van der Waals surface area (Å²) in [5.74, 6) is -8.42. The molecule has 28 heteroatoms. The van der Waals surface area contributed by atoms with Gasteiger partial charge in [0.05, 0.1) is 18.6 Å². The summed E-state index contributed by atoms with van der Waals surface area (Å²) in [6, 6.07) is -0.897. The number of aromatic nitrogens is 2. The van der Waals surface area contributed by atoms with Crippen molar-refractivity contribution < 1.29 is 63.0 Å². The number of amides is 9. The van der Waals surface area contributed by atoms with Crippen LogP contribution < -0.4 is 43.0 Å². The molecule has 4 heterocycles. The molecule has 0 unspecified atom stereocenters. The lowest BCUT2D eigenvalue weighted by Crippen LogP contribution is -2.60. The molecule has 5 rings (SSSR count). The van der Waals surface area contributed by atoms with Gasteiger partial charge in [0, 0.05) is 58.6 Å². The maximum atomic E-state index is 14.7. The van der Waals surface area contributed by atoms with E-state index in [1.165, 1.54) is 45.9 Å². The van der Waals surface area contributed by atoms with Crippen molar-refractivity contribution in [2.24, 2.45) is 5.73 Å². The lowest BCUT2D eigenvalue weighted by molar-refractivity contribution is -0.149. The predicted molar refractivity (Wildman–Crippen MR) is 282 cm³/mol. The Balaban J connectivity index is 1.29. The van der Waals surface area contributed by atoms with Crippen LogP contribution in [0.4, 0.5) is 0 Å². The van der Waals surface area contributed by atoms with Gasteiger partial charge in [-0.05, 0) is 81.8 Å². The minimum absolute atomic E-state index is 0.0615. The minimum atomic E-state index is -1.48. The Hall–Kier alpha value is -7.78. The number of benzene rings is 1. The topological polar surface area (TPSA) is 401 Å². The van der Waals surface area contributed by atoms with E-state index in [4.69, 9.17) is 11.1 Å². The highest BCUT2D eigenvalue weighted by atomic mass is 32.2. The maximum Gasteiger partial charge on any atom is 0.326 e. The number of aromatic amines is 1. The second kappa shape index (κ2) is 30.2. The monoisotopic (exact) mass is 1110 g/mol. The molecule has 3 aliphatic rings. The summed E-state index contributed by atoms with van der Waals surface area (Å²) < 4.78 is 0. The second-order valence-electron chi connectivity index (χ2n) is 19.3. The van der Waals surface area contributed by atoms with Crippen LogP contribution in [0.3, 0.4) is 0 Å². The van der Waals surface area contributed by atoms with Gasteiger partial charge in [-0.15, -0.1) is 0 Å². The van der Waals surface area contributed by atoms with Gasteiger partial charge in [-0.3, -0.25) is 53.4 Å². The number of hydrogen-bond donors (Lipinski definition) is 12. The van der Waals surface area contributed by atoms with Gasteiger partial charge in [-0.1, -0.05) is 30.3 Å². The van der Waals surface area contributed by atoms with Crippen molar-refractivity contribution in [2.45, 2.75) is 139 Å². The summed E-state index contributed by atoms with van der Waals surface area (Å²) >= 11 is 1.42. The molecule has 27 nitrogen and oxygen atoms in total. The van der Waals surface area contributed by atoms with E-state index >= 15 is 0 Å². The van der Waals surface area contributed by atoms with E-state index in [0.29, 0.717) is 36.3 Å². The van der Waals surface area contributed by atoms with Gasteiger partial charge in [0.25, 0.3) is 0 Å². The lowest BCUT2D eigenvalue weighted by Gasteiger charge is -2.31. The lowest BCUT2D eigenvalue weighted by atomic mass is 10.0. The normalized spacial score (nSPS) is 18.8. The van der Waals surface area contributed by atoms with E-state index in [-0.39, 0.29) is 89.9 Å². The molecule has 0 spiro atoms. The number of hydrogen-bond acceptors (Lipinski definition) is 14. The maximum absolute atomic E-state index is 14.7. The fraction of sp³-hybridized carbons (Fsp3) is 0.580. The number of aliphatic carboxylic acids is 2. The Morgan fingerprint density at radius 1 is 0.705 bits per heavy atom.